The molecule has 0 saturated carbocycles. The Morgan fingerprint density at radius 3 is 2.67 bits per heavy atom. The van der Waals surface area contributed by atoms with Gasteiger partial charge in [-0.25, -0.2) is 0 Å². The van der Waals surface area contributed by atoms with Gasteiger partial charge in [0, 0.05) is 11.4 Å². The summed E-state index contributed by atoms with van der Waals surface area (Å²) >= 11 is 1.72. The number of halogens is 3. The fraction of sp³-hybridized carbons (Fsp3) is 0.750. The monoisotopic (exact) mass is 319 g/mol. The van der Waals surface area contributed by atoms with Crippen molar-refractivity contribution in [2.24, 2.45) is 11.3 Å². The van der Waals surface area contributed by atoms with E-state index in [0.29, 0.717) is 17.9 Å². The second-order valence-corrected chi connectivity index (χ2v) is 7.63. The van der Waals surface area contributed by atoms with E-state index < -0.39 is 12.7 Å². The van der Waals surface area contributed by atoms with Crippen molar-refractivity contribution in [2.75, 3.05) is 6.54 Å². The van der Waals surface area contributed by atoms with Crippen LogP contribution < -0.4 is 5.32 Å². The molecule has 1 aromatic heterocycles. The molecule has 2 rings (SSSR count). The van der Waals surface area contributed by atoms with Gasteiger partial charge in [0.05, 0.1) is 6.54 Å². The molecular weight excluding hydrogens is 295 g/mol. The molecule has 1 atom stereocenters. The summed E-state index contributed by atoms with van der Waals surface area (Å²) in [4.78, 5) is 1.39. The zero-order valence-electron chi connectivity index (χ0n) is 12.9. The smallest absolute Gasteiger partial charge is 0.305 e. The highest BCUT2D eigenvalue weighted by Gasteiger charge is 2.32. The first-order valence-corrected chi connectivity index (χ1v) is 8.46. The molecule has 0 bridgehead atoms. The van der Waals surface area contributed by atoms with E-state index in [1.54, 1.807) is 11.3 Å². The Bertz CT molecular complexity index is 476. The van der Waals surface area contributed by atoms with Crippen molar-refractivity contribution >= 4 is 11.3 Å². The molecule has 21 heavy (non-hydrogen) atoms. The summed E-state index contributed by atoms with van der Waals surface area (Å²) in [5.41, 5.74) is 2.71. The van der Waals surface area contributed by atoms with Crippen molar-refractivity contribution in [2.45, 2.75) is 59.2 Å². The topological polar surface area (TPSA) is 12.0 Å². The zero-order valence-corrected chi connectivity index (χ0v) is 13.8. The normalized spacial score (nSPS) is 19.6. The molecule has 0 aromatic carbocycles. The lowest BCUT2D eigenvalue weighted by molar-refractivity contribution is -0.125. The molecule has 0 aliphatic heterocycles. The van der Waals surface area contributed by atoms with Crippen LogP contribution in [0.2, 0.25) is 0 Å². The predicted octanol–water partition coefficient (Wildman–Crippen LogP) is 4.94. The third-order valence-electron chi connectivity index (χ3n) is 4.90. The van der Waals surface area contributed by atoms with Crippen LogP contribution in [0.1, 0.15) is 49.6 Å². The van der Waals surface area contributed by atoms with Gasteiger partial charge in [-0.15, -0.1) is 11.3 Å². The third-order valence-corrected chi connectivity index (χ3v) is 6.00. The molecule has 1 aliphatic carbocycles. The molecule has 0 fully saturated rings. The highest BCUT2D eigenvalue weighted by Crippen LogP contribution is 2.42. The number of hydrogen-bond donors (Lipinski definition) is 1. The van der Waals surface area contributed by atoms with E-state index in [-0.39, 0.29) is 0 Å². The average Bonchev–Trinajstić information content (AvgIpc) is 2.80. The van der Waals surface area contributed by atoms with Gasteiger partial charge in [0.15, 0.2) is 0 Å². The SMILES string of the molecule is CCC(C)(C)C1CCc2c(CNCC(F)(F)F)csc2C1. The number of nitrogens with one attached hydrogen (secondary N) is 1. The second kappa shape index (κ2) is 6.29. The molecular formula is C16H24F3NS. The average molecular weight is 319 g/mol. The van der Waals surface area contributed by atoms with Crippen molar-refractivity contribution in [3.63, 3.8) is 0 Å². The molecule has 1 unspecified atom stereocenters. The summed E-state index contributed by atoms with van der Waals surface area (Å²) in [5, 5.41) is 4.55. The van der Waals surface area contributed by atoms with Crippen LogP contribution in [0.4, 0.5) is 13.2 Å². The Morgan fingerprint density at radius 2 is 2.05 bits per heavy atom. The van der Waals surface area contributed by atoms with Crippen LogP contribution in [-0.2, 0) is 19.4 Å². The van der Waals surface area contributed by atoms with Crippen molar-refractivity contribution in [1.29, 1.82) is 0 Å². The summed E-state index contributed by atoms with van der Waals surface area (Å²) in [7, 11) is 0. The van der Waals surface area contributed by atoms with Crippen LogP contribution in [-0.4, -0.2) is 12.7 Å². The molecule has 0 radical (unpaired) electrons. The maximum atomic E-state index is 12.2. The van der Waals surface area contributed by atoms with Crippen LogP contribution in [0, 0.1) is 11.3 Å². The summed E-state index contributed by atoms with van der Waals surface area (Å²) < 4.78 is 36.6. The minimum Gasteiger partial charge on any atom is -0.305 e. The van der Waals surface area contributed by atoms with Gasteiger partial charge in [-0.3, -0.25) is 0 Å². The summed E-state index contributed by atoms with van der Waals surface area (Å²) in [6, 6.07) is 0. The van der Waals surface area contributed by atoms with Crippen molar-refractivity contribution < 1.29 is 13.2 Å². The number of alkyl halides is 3. The molecule has 0 saturated heterocycles. The second-order valence-electron chi connectivity index (χ2n) is 6.66. The zero-order chi connectivity index (χ0) is 15.7. The Balaban J connectivity index is 1.99. The lowest BCUT2D eigenvalue weighted by atomic mass is 9.69. The molecule has 1 aromatic rings. The van der Waals surface area contributed by atoms with Gasteiger partial charge in [-0.2, -0.15) is 13.2 Å². The van der Waals surface area contributed by atoms with Gasteiger partial charge >= 0.3 is 6.18 Å². The molecule has 1 nitrogen and oxygen atoms in total. The highest BCUT2D eigenvalue weighted by atomic mass is 32.1. The van der Waals surface area contributed by atoms with E-state index in [1.165, 1.54) is 16.9 Å². The van der Waals surface area contributed by atoms with E-state index in [9.17, 15) is 13.2 Å². The fourth-order valence-electron chi connectivity index (χ4n) is 3.02. The van der Waals surface area contributed by atoms with Gasteiger partial charge in [-0.05, 0) is 47.1 Å². The van der Waals surface area contributed by atoms with Crippen molar-refractivity contribution in [3.8, 4) is 0 Å². The molecule has 1 heterocycles. The van der Waals surface area contributed by atoms with Crippen molar-refractivity contribution in [1.82, 2.24) is 5.32 Å². The Kier molecular flexibility index (Phi) is 5.03. The number of rotatable bonds is 5. The number of fused-ring (bicyclic) bond motifs is 1. The number of hydrogen-bond acceptors (Lipinski definition) is 2. The van der Waals surface area contributed by atoms with Crippen LogP contribution >= 0.6 is 11.3 Å². The Morgan fingerprint density at radius 1 is 1.33 bits per heavy atom. The minimum atomic E-state index is -4.13. The summed E-state index contributed by atoms with van der Waals surface area (Å²) in [6.45, 7) is 6.29. The standard InChI is InChI=1S/C16H24F3NS/c1-4-15(2,3)12-5-6-13-11(9-21-14(13)7-12)8-20-10-16(17,18)19/h9,12,20H,4-8,10H2,1-3H3. The Labute approximate surface area is 128 Å². The molecule has 0 spiro atoms. The van der Waals surface area contributed by atoms with Gasteiger partial charge in [0.1, 0.15) is 0 Å². The minimum absolute atomic E-state index is 0.327. The Hall–Kier alpha value is -0.550. The fourth-order valence-corrected chi connectivity index (χ4v) is 4.21. The first-order chi connectivity index (χ1) is 9.73. The lowest BCUT2D eigenvalue weighted by Gasteiger charge is -2.36. The molecule has 1 aliphatic rings. The third kappa shape index (κ3) is 4.22. The molecule has 0 amide bonds. The van der Waals surface area contributed by atoms with Crippen LogP contribution in [0.15, 0.2) is 5.38 Å². The van der Waals surface area contributed by atoms with Gasteiger partial charge < -0.3 is 5.32 Å². The molecule has 120 valence electrons. The lowest BCUT2D eigenvalue weighted by Crippen LogP contribution is -2.30. The first-order valence-electron chi connectivity index (χ1n) is 7.58. The largest absolute Gasteiger partial charge is 0.401 e. The summed E-state index contributed by atoms with van der Waals surface area (Å²) in [6.07, 6.45) is 0.275. The van der Waals surface area contributed by atoms with E-state index >= 15 is 0 Å². The van der Waals surface area contributed by atoms with Gasteiger partial charge in [0.2, 0.25) is 0 Å². The number of thiophene rings is 1. The van der Waals surface area contributed by atoms with E-state index in [0.717, 1.165) is 24.8 Å². The molecule has 5 heteroatoms. The maximum absolute atomic E-state index is 12.2. The quantitative estimate of drug-likeness (QED) is 0.810. The van der Waals surface area contributed by atoms with Crippen LogP contribution in [0.3, 0.4) is 0 Å². The van der Waals surface area contributed by atoms with Crippen LogP contribution in [0.25, 0.3) is 0 Å². The molecule has 1 N–H and O–H groups in total. The van der Waals surface area contributed by atoms with Crippen LogP contribution in [0.5, 0.6) is 0 Å². The van der Waals surface area contributed by atoms with E-state index in [4.69, 9.17) is 0 Å². The predicted molar refractivity (Wildman–Crippen MR) is 81.7 cm³/mol. The summed E-state index contributed by atoms with van der Waals surface area (Å²) in [5.74, 6) is 0.685. The first kappa shape index (κ1) is 16.8. The van der Waals surface area contributed by atoms with Gasteiger partial charge in [-0.1, -0.05) is 27.2 Å². The maximum Gasteiger partial charge on any atom is 0.401 e. The highest BCUT2D eigenvalue weighted by molar-refractivity contribution is 7.10. The van der Waals surface area contributed by atoms with E-state index in [2.05, 4.69) is 26.1 Å². The van der Waals surface area contributed by atoms with Crippen molar-refractivity contribution in [3.05, 3.63) is 21.4 Å². The van der Waals surface area contributed by atoms with Gasteiger partial charge in [0.25, 0.3) is 0 Å². The van der Waals surface area contributed by atoms with E-state index in [1.807, 2.05) is 5.38 Å².